The Labute approximate surface area is 200 Å². The number of carbonyl (C=O) groups excluding carboxylic acids is 2. The maximum absolute atomic E-state index is 12.7. The molecule has 1 aromatic carbocycles. The number of carbonyl (C=O) groups is 2. The van der Waals surface area contributed by atoms with Crippen LogP contribution in [0.15, 0.2) is 42.7 Å². The van der Waals surface area contributed by atoms with Gasteiger partial charge >= 0.3 is 0 Å². The Morgan fingerprint density at radius 3 is 2.41 bits per heavy atom. The number of methoxy groups -OCH3 is 1. The molecule has 4 bridgehead atoms. The van der Waals surface area contributed by atoms with Crippen LogP contribution < -0.4 is 20.1 Å². The van der Waals surface area contributed by atoms with Gasteiger partial charge in [-0.05, 0) is 79.9 Å². The molecule has 2 N–H and O–H groups in total. The molecule has 1 heterocycles. The number of pyridine rings is 1. The zero-order valence-corrected chi connectivity index (χ0v) is 19.7. The Morgan fingerprint density at radius 1 is 1.03 bits per heavy atom. The molecule has 0 unspecified atom stereocenters. The molecule has 180 valence electrons. The molecule has 0 atom stereocenters. The van der Waals surface area contributed by atoms with Gasteiger partial charge in [0.05, 0.1) is 13.7 Å². The summed E-state index contributed by atoms with van der Waals surface area (Å²) in [5, 5.41) is 5.69. The largest absolute Gasteiger partial charge is 0.493 e. The fourth-order valence-corrected chi connectivity index (χ4v) is 6.81. The van der Waals surface area contributed by atoms with Crippen molar-refractivity contribution in [1.82, 2.24) is 10.3 Å². The van der Waals surface area contributed by atoms with Crippen molar-refractivity contribution >= 4 is 17.5 Å². The lowest BCUT2D eigenvalue weighted by Gasteiger charge is -2.56. The number of hydrogen-bond donors (Lipinski definition) is 2. The topological polar surface area (TPSA) is 89.6 Å². The van der Waals surface area contributed by atoms with E-state index in [1.165, 1.54) is 38.5 Å². The second kappa shape index (κ2) is 9.65. The van der Waals surface area contributed by atoms with Crippen molar-refractivity contribution in [3.05, 3.63) is 48.3 Å². The zero-order valence-electron chi connectivity index (χ0n) is 19.7. The van der Waals surface area contributed by atoms with E-state index >= 15 is 0 Å². The Bertz CT molecular complexity index is 1000. The van der Waals surface area contributed by atoms with Crippen molar-refractivity contribution in [3.8, 4) is 11.5 Å². The summed E-state index contributed by atoms with van der Waals surface area (Å²) in [5.74, 6) is 3.27. The van der Waals surface area contributed by atoms with E-state index < -0.39 is 0 Å². The standard InChI is InChI=1S/C27H33N3O4/c1-33-23-5-4-22(10-24(23)34-17-18-3-2-6-28-15-18)30-26(32)16-29-25(31)14-27-11-19-7-20(12-27)9-21(8-19)13-27/h2-6,10,15,19-21H,7-9,11-14,16-17H2,1H3,(H,29,31)(H,30,32). The highest BCUT2D eigenvalue weighted by molar-refractivity contribution is 5.94. The molecular weight excluding hydrogens is 430 g/mol. The van der Waals surface area contributed by atoms with Crippen LogP contribution in [0.3, 0.4) is 0 Å². The average molecular weight is 464 g/mol. The zero-order chi connectivity index (χ0) is 23.5. The maximum Gasteiger partial charge on any atom is 0.243 e. The van der Waals surface area contributed by atoms with Crippen LogP contribution in [0.2, 0.25) is 0 Å². The van der Waals surface area contributed by atoms with Gasteiger partial charge in [0.25, 0.3) is 0 Å². The lowest BCUT2D eigenvalue weighted by molar-refractivity contribution is -0.131. The van der Waals surface area contributed by atoms with Gasteiger partial charge in [-0.3, -0.25) is 14.6 Å². The normalized spacial score (nSPS) is 26.7. The van der Waals surface area contributed by atoms with Crippen molar-refractivity contribution in [3.63, 3.8) is 0 Å². The first-order chi connectivity index (χ1) is 16.5. The molecule has 4 aliphatic carbocycles. The fraction of sp³-hybridized carbons (Fsp3) is 0.519. The molecule has 0 aliphatic heterocycles. The first-order valence-electron chi connectivity index (χ1n) is 12.3. The van der Waals surface area contributed by atoms with Crippen LogP contribution in [0, 0.1) is 23.2 Å². The summed E-state index contributed by atoms with van der Waals surface area (Å²) < 4.78 is 11.3. The summed E-state index contributed by atoms with van der Waals surface area (Å²) in [6.07, 6.45) is 11.6. The molecule has 7 heteroatoms. The predicted molar refractivity (Wildman–Crippen MR) is 128 cm³/mol. The number of ether oxygens (including phenoxy) is 2. The lowest BCUT2D eigenvalue weighted by Crippen LogP contribution is -2.48. The summed E-state index contributed by atoms with van der Waals surface area (Å²) in [6, 6.07) is 9.01. The highest BCUT2D eigenvalue weighted by Crippen LogP contribution is 2.61. The van der Waals surface area contributed by atoms with Crippen LogP contribution in [0.25, 0.3) is 0 Å². The third-order valence-electron chi connectivity index (χ3n) is 7.71. The molecule has 0 saturated heterocycles. The molecule has 2 aromatic rings. The molecule has 7 nitrogen and oxygen atoms in total. The van der Waals surface area contributed by atoms with Gasteiger partial charge in [-0.25, -0.2) is 0 Å². The minimum atomic E-state index is -0.262. The summed E-state index contributed by atoms with van der Waals surface area (Å²) >= 11 is 0. The van der Waals surface area contributed by atoms with Gasteiger partial charge in [0.1, 0.15) is 6.61 Å². The molecule has 0 radical (unpaired) electrons. The number of aromatic nitrogens is 1. The van der Waals surface area contributed by atoms with Crippen LogP contribution in [0.1, 0.15) is 50.5 Å². The Morgan fingerprint density at radius 2 is 1.76 bits per heavy atom. The van der Waals surface area contributed by atoms with Gasteiger partial charge in [0.2, 0.25) is 11.8 Å². The summed E-state index contributed by atoms with van der Waals surface area (Å²) in [5.41, 5.74) is 1.69. The quantitative estimate of drug-likeness (QED) is 0.578. The van der Waals surface area contributed by atoms with Gasteiger partial charge in [-0.15, -0.1) is 0 Å². The van der Waals surface area contributed by atoms with Crippen LogP contribution in [0.4, 0.5) is 5.69 Å². The number of rotatable bonds is 9. The lowest BCUT2D eigenvalue weighted by atomic mass is 9.49. The van der Waals surface area contributed by atoms with E-state index in [4.69, 9.17) is 9.47 Å². The number of nitrogens with zero attached hydrogens (tertiary/aromatic N) is 1. The smallest absolute Gasteiger partial charge is 0.243 e. The molecule has 4 aliphatic rings. The van der Waals surface area contributed by atoms with Gasteiger partial charge in [0, 0.05) is 36.1 Å². The monoisotopic (exact) mass is 463 g/mol. The van der Waals surface area contributed by atoms with Crippen LogP contribution >= 0.6 is 0 Å². The van der Waals surface area contributed by atoms with E-state index in [1.54, 1.807) is 37.7 Å². The SMILES string of the molecule is COc1ccc(NC(=O)CNC(=O)CC23CC4CC(CC(C4)C2)C3)cc1OCc1cccnc1. The van der Waals surface area contributed by atoms with E-state index in [0.29, 0.717) is 30.2 Å². The number of anilines is 1. The third kappa shape index (κ3) is 5.18. The highest BCUT2D eigenvalue weighted by Gasteiger charge is 2.51. The van der Waals surface area contributed by atoms with Crippen molar-refractivity contribution in [2.24, 2.45) is 23.2 Å². The highest BCUT2D eigenvalue weighted by atomic mass is 16.5. The molecule has 6 rings (SSSR count). The number of amides is 2. The number of hydrogen-bond acceptors (Lipinski definition) is 5. The number of nitrogens with one attached hydrogen (secondary N) is 2. The molecule has 34 heavy (non-hydrogen) atoms. The maximum atomic E-state index is 12.7. The molecular formula is C27H33N3O4. The van der Waals surface area contributed by atoms with E-state index in [-0.39, 0.29) is 23.8 Å². The van der Waals surface area contributed by atoms with Crippen molar-refractivity contribution < 1.29 is 19.1 Å². The molecule has 2 amide bonds. The minimum absolute atomic E-state index is 0.00711. The van der Waals surface area contributed by atoms with E-state index in [9.17, 15) is 9.59 Å². The van der Waals surface area contributed by atoms with E-state index in [2.05, 4.69) is 15.6 Å². The van der Waals surface area contributed by atoms with E-state index in [1.807, 2.05) is 12.1 Å². The number of benzene rings is 1. The Hall–Kier alpha value is -3.09. The van der Waals surface area contributed by atoms with Crippen molar-refractivity contribution in [1.29, 1.82) is 0 Å². The van der Waals surface area contributed by atoms with Gasteiger partial charge in [-0.1, -0.05) is 6.07 Å². The molecule has 4 fully saturated rings. The van der Waals surface area contributed by atoms with Gasteiger partial charge in [0.15, 0.2) is 11.5 Å². The summed E-state index contributed by atoms with van der Waals surface area (Å²) in [6.45, 7) is 0.297. The third-order valence-corrected chi connectivity index (χ3v) is 7.71. The predicted octanol–water partition coefficient (Wildman–Crippen LogP) is 4.33. The van der Waals surface area contributed by atoms with Gasteiger partial charge < -0.3 is 20.1 Å². The van der Waals surface area contributed by atoms with Crippen molar-refractivity contribution in [2.45, 2.75) is 51.6 Å². The second-order valence-corrected chi connectivity index (χ2v) is 10.4. The summed E-state index contributed by atoms with van der Waals surface area (Å²) in [4.78, 5) is 29.3. The average Bonchev–Trinajstić information content (AvgIpc) is 2.81. The molecule has 1 aromatic heterocycles. The Balaban J connectivity index is 1.13. The van der Waals surface area contributed by atoms with Gasteiger partial charge in [-0.2, -0.15) is 0 Å². The van der Waals surface area contributed by atoms with Crippen LogP contribution in [-0.2, 0) is 16.2 Å². The molecule has 4 saturated carbocycles. The first kappa shape index (κ1) is 22.7. The fourth-order valence-electron chi connectivity index (χ4n) is 6.81. The minimum Gasteiger partial charge on any atom is -0.493 e. The summed E-state index contributed by atoms with van der Waals surface area (Å²) in [7, 11) is 1.57. The van der Waals surface area contributed by atoms with Crippen molar-refractivity contribution in [2.75, 3.05) is 19.0 Å². The van der Waals surface area contributed by atoms with Crippen LogP contribution in [-0.4, -0.2) is 30.5 Å². The first-order valence-corrected chi connectivity index (χ1v) is 12.3. The molecule has 0 spiro atoms. The van der Waals surface area contributed by atoms with E-state index in [0.717, 1.165) is 23.3 Å². The Kier molecular flexibility index (Phi) is 6.44. The van der Waals surface area contributed by atoms with Crippen LogP contribution in [0.5, 0.6) is 11.5 Å². The second-order valence-electron chi connectivity index (χ2n) is 10.4.